The minimum atomic E-state index is -0.749. The molecule has 0 rings (SSSR count). The van der Waals surface area contributed by atoms with Gasteiger partial charge in [-0.3, -0.25) is 0 Å². The third-order valence-electron chi connectivity index (χ3n) is 1.36. The first kappa shape index (κ1) is 12.5. The molecule has 0 aromatic carbocycles. The maximum atomic E-state index is 10.1. The van der Waals surface area contributed by atoms with Crippen LogP contribution in [-0.4, -0.2) is 37.1 Å². The van der Waals surface area contributed by atoms with Gasteiger partial charge in [-0.15, -0.1) is 0 Å². The normalized spacial score (nSPS) is 9.85. The molecule has 0 aromatic rings. The number of carbonyl (C=O) groups is 2. The molecule has 0 bridgehead atoms. The van der Waals surface area contributed by atoms with Crippen molar-refractivity contribution in [2.75, 3.05) is 0 Å². The second kappa shape index (κ2) is 8.08. The average molecular weight is 253 g/mol. The van der Waals surface area contributed by atoms with Crippen LogP contribution in [0.4, 0.5) is 0 Å². The number of hydrogen-bond acceptors (Lipinski definition) is 2. The molecule has 2 N–H and O–H groups in total. The van der Waals surface area contributed by atoms with Gasteiger partial charge in [-0.25, -0.2) is 0 Å². The summed E-state index contributed by atoms with van der Waals surface area (Å²) >= 11 is 0.422. The Morgan fingerprint density at radius 1 is 0.923 bits per heavy atom. The van der Waals surface area contributed by atoms with Gasteiger partial charge in [0.15, 0.2) is 0 Å². The summed E-state index contributed by atoms with van der Waals surface area (Å²) in [5.41, 5.74) is 0. The van der Waals surface area contributed by atoms with Gasteiger partial charge in [0.1, 0.15) is 0 Å². The van der Waals surface area contributed by atoms with Crippen LogP contribution in [0, 0.1) is 0 Å². The van der Waals surface area contributed by atoms with Crippen molar-refractivity contribution in [3.8, 4) is 0 Å². The Labute approximate surface area is 83.5 Å². The molecule has 0 saturated carbocycles. The Balaban J connectivity index is 3.00. The zero-order valence-electron chi connectivity index (χ0n) is 7.36. The Kier molecular flexibility index (Phi) is 7.74. The molecule has 0 aliphatic rings. The first-order valence-electron chi connectivity index (χ1n) is 4.14. The van der Waals surface area contributed by atoms with E-state index in [0.717, 1.165) is 23.5 Å². The predicted molar refractivity (Wildman–Crippen MR) is 49.1 cm³/mol. The molecule has 0 amide bonds. The summed E-state index contributed by atoms with van der Waals surface area (Å²) in [4.78, 5) is 20.2. The van der Waals surface area contributed by atoms with E-state index >= 15 is 0 Å². The third kappa shape index (κ3) is 11.5. The number of hydrogen-bond donors (Lipinski definition) is 2. The Morgan fingerprint density at radius 2 is 1.31 bits per heavy atom. The minimum absolute atomic E-state index is 0.237. The molecule has 0 atom stereocenters. The Morgan fingerprint density at radius 3 is 1.62 bits per heavy atom. The summed E-state index contributed by atoms with van der Waals surface area (Å²) < 4.78 is 0. The van der Waals surface area contributed by atoms with E-state index in [4.69, 9.17) is 10.2 Å². The van der Waals surface area contributed by atoms with Crippen molar-refractivity contribution in [1.82, 2.24) is 0 Å². The van der Waals surface area contributed by atoms with Gasteiger partial charge in [-0.2, -0.15) is 0 Å². The van der Waals surface area contributed by atoms with Gasteiger partial charge in [-0.05, 0) is 0 Å². The van der Waals surface area contributed by atoms with Gasteiger partial charge in [0.05, 0.1) is 0 Å². The average Bonchev–Trinajstić information content (AvgIpc) is 2.01. The molecule has 13 heavy (non-hydrogen) atoms. The van der Waals surface area contributed by atoms with E-state index in [9.17, 15) is 9.59 Å². The molecule has 5 heteroatoms. The molecular formula is C8H14O4Se. The van der Waals surface area contributed by atoms with Crippen LogP contribution >= 0.6 is 0 Å². The molecule has 76 valence electrons. The zero-order chi connectivity index (χ0) is 10.1. The first-order chi connectivity index (χ1) is 6.13. The van der Waals surface area contributed by atoms with Crippen LogP contribution in [0.5, 0.6) is 0 Å². The molecular weight excluding hydrogens is 239 g/mol. The van der Waals surface area contributed by atoms with Gasteiger partial charge in [0, 0.05) is 0 Å². The molecule has 0 aromatic heterocycles. The molecule has 0 fully saturated rings. The maximum absolute atomic E-state index is 10.1. The van der Waals surface area contributed by atoms with E-state index in [1.165, 1.54) is 0 Å². The molecule has 4 nitrogen and oxygen atoms in total. The van der Waals surface area contributed by atoms with Crippen LogP contribution in [-0.2, 0) is 9.59 Å². The van der Waals surface area contributed by atoms with Crippen LogP contribution in [0.2, 0.25) is 10.6 Å². The van der Waals surface area contributed by atoms with Crippen molar-refractivity contribution >= 4 is 26.9 Å². The van der Waals surface area contributed by atoms with E-state index in [1.807, 2.05) is 0 Å². The van der Waals surface area contributed by atoms with Crippen LogP contribution < -0.4 is 0 Å². The second-order valence-electron chi connectivity index (χ2n) is 2.61. The molecule has 0 heterocycles. The summed E-state index contributed by atoms with van der Waals surface area (Å²) in [7, 11) is 0. The molecule has 0 radical (unpaired) electrons. The molecule has 0 aliphatic heterocycles. The van der Waals surface area contributed by atoms with Crippen molar-refractivity contribution in [3.05, 3.63) is 0 Å². The zero-order valence-corrected chi connectivity index (χ0v) is 9.07. The Bertz CT molecular complexity index is 152. The van der Waals surface area contributed by atoms with Crippen LogP contribution in [0.3, 0.4) is 0 Å². The van der Waals surface area contributed by atoms with Gasteiger partial charge in [-0.1, -0.05) is 0 Å². The topological polar surface area (TPSA) is 74.6 Å². The van der Waals surface area contributed by atoms with Crippen LogP contribution in [0.1, 0.15) is 25.7 Å². The van der Waals surface area contributed by atoms with E-state index in [0.29, 0.717) is 15.0 Å². The summed E-state index contributed by atoms with van der Waals surface area (Å²) in [5.74, 6) is -1.50. The summed E-state index contributed by atoms with van der Waals surface area (Å²) in [6.45, 7) is 0. The second-order valence-corrected chi connectivity index (χ2v) is 5.18. The molecule has 0 spiro atoms. The van der Waals surface area contributed by atoms with Crippen molar-refractivity contribution in [3.63, 3.8) is 0 Å². The third-order valence-corrected chi connectivity index (χ3v) is 3.78. The number of carboxylic acid groups (broad SMARTS) is 2. The standard InChI is InChI=1S/C8H14O4Se/c9-7(10)3-1-5-13-6-2-4-8(11)12/h1-6H2,(H,9,10)(H,11,12). The number of rotatable bonds is 8. The summed E-state index contributed by atoms with van der Waals surface area (Å²) in [6, 6.07) is 0. The van der Waals surface area contributed by atoms with Crippen molar-refractivity contribution in [2.45, 2.75) is 36.3 Å². The number of carboxylic acids is 2. The summed E-state index contributed by atoms with van der Waals surface area (Å²) in [6.07, 6.45) is 1.92. The van der Waals surface area contributed by atoms with Crippen molar-refractivity contribution in [2.24, 2.45) is 0 Å². The van der Waals surface area contributed by atoms with E-state index in [1.54, 1.807) is 0 Å². The van der Waals surface area contributed by atoms with Gasteiger partial charge >= 0.3 is 83.0 Å². The van der Waals surface area contributed by atoms with Crippen molar-refractivity contribution in [1.29, 1.82) is 0 Å². The van der Waals surface area contributed by atoms with E-state index in [-0.39, 0.29) is 12.8 Å². The monoisotopic (exact) mass is 254 g/mol. The summed E-state index contributed by atoms with van der Waals surface area (Å²) in [5, 5.41) is 18.5. The molecule has 0 saturated heterocycles. The van der Waals surface area contributed by atoms with E-state index in [2.05, 4.69) is 0 Å². The quantitative estimate of drug-likeness (QED) is 0.504. The first-order valence-corrected chi connectivity index (χ1v) is 6.56. The van der Waals surface area contributed by atoms with Gasteiger partial charge < -0.3 is 0 Å². The van der Waals surface area contributed by atoms with Crippen molar-refractivity contribution < 1.29 is 19.8 Å². The molecule has 0 unspecified atom stereocenters. The van der Waals surface area contributed by atoms with Crippen LogP contribution in [0.15, 0.2) is 0 Å². The SMILES string of the molecule is O=C(O)CCC[Se]CCCC(=O)O. The fourth-order valence-electron chi connectivity index (χ4n) is 0.753. The predicted octanol–water partition coefficient (Wildman–Crippen LogP) is 1.26. The fraction of sp³-hybridized carbons (Fsp3) is 0.750. The van der Waals surface area contributed by atoms with Gasteiger partial charge in [0.25, 0.3) is 0 Å². The van der Waals surface area contributed by atoms with Crippen LogP contribution in [0.25, 0.3) is 0 Å². The number of aliphatic carboxylic acids is 2. The van der Waals surface area contributed by atoms with E-state index < -0.39 is 11.9 Å². The van der Waals surface area contributed by atoms with Gasteiger partial charge in [0.2, 0.25) is 0 Å². The fourth-order valence-corrected chi connectivity index (χ4v) is 2.64. The molecule has 0 aliphatic carbocycles. The Hall–Kier alpha value is -0.541.